The van der Waals surface area contributed by atoms with Crippen LogP contribution in [0.25, 0.3) is 0 Å². The molecular weight excluding hydrogens is 1600 g/mol. The third-order valence-electron chi connectivity index (χ3n) is 18.3. The molecule has 0 unspecified atom stereocenters. The van der Waals surface area contributed by atoms with Crippen molar-refractivity contribution in [3.8, 4) is 11.5 Å². The Bertz CT molecular complexity index is 3830. The molecule has 0 aromatic heterocycles. The zero-order chi connectivity index (χ0) is 90.8. The van der Waals surface area contributed by atoms with E-state index in [1.165, 1.54) is 59.7 Å². The fourth-order valence-electron chi connectivity index (χ4n) is 10.8. The number of ether oxygens (including phenoxy) is 8. The molecule has 1 saturated heterocycles. The number of Topliss-reactive ketones (excluding diaryl/α,β-unsaturated/α-hetero) is 2. The van der Waals surface area contributed by atoms with E-state index < -0.39 is 114 Å². The number of hydroxylamine groups is 2. The Labute approximate surface area is 709 Å². The lowest BCUT2D eigenvalue weighted by atomic mass is 10.0. The van der Waals surface area contributed by atoms with Crippen LogP contribution in [0.1, 0.15) is 88.2 Å². The summed E-state index contributed by atoms with van der Waals surface area (Å²) in [6, 6.07) is 10.8. The average molecular weight is 1720 g/mol. The number of likely N-dealkylation sites (N-methyl/N-ethyl adjacent to an activating group) is 6. The summed E-state index contributed by atoms with van der Waals surface area (Å²) in [5.41, 5.74) is 5.86. The molecule has 15 amide bonds. The number of ketones is 2. The van der Waals surface area contributed by atoms with Gasteiger partial charge in [0, 0.05) is 178 Å². The summed E-state index contributed by atoms with van der Waals surface area (Å²) in [4.78, 5) is 240. The van der Waals surface area contributed by atoms with Gasteiger partial charge in [-0.3, -0.25) is 72.1 Å². The minimum atomic E-state index is -1.33. The number of unbranched alkanes of at least 4 members (excludes halogenated alkanes) is 2. The first kappa shape index (κ1) is 104. The van der Waals surface area contributed by atoms with Crippen LogP contribution in [-0.4, -0.2) is 376 Å². The van der Waals surface area contributed by atoms with Crippen LogP contribution in [-0.2, 0) is 114 Å². The maximum absolute atomic E-state index is 13.4. The van der Waals surface area contributed by atoms with Gasteiger partial charge in [0.2, 0.25) is 29.5 Å². The van der Waals surface area contributed by atoms with E-state index in [-0.39, 0.29) is 161 Å². The molecule has 0 saturated carbocycles. The molecule has 3 aliphatic rings. The van der Waals surface area contributed by atoms with Crippen molar-refractivity contribution >= 4 is 107 Å². The van der Waals surface area contributed by atoms with Gasteiger partial charge < -0.3 is 104 Å². The number of nitrogens with zero attached hydrogens (tertiary/aromatic N) is 11. The number of benzene rings is 2. The van der Waals surface area contributed by atoms with Crippen LogP contribution < -0.4 is 31.2 Å². The highest BCUT2D eigenvalue weighted by molar-refractivity contribution is 6.13. The number of amides is 15. The van der Waals surface area contributed by atoms with Gasteiger partial charge in [0.15, 0.2) is 11.6 Å². The lowest BCUT2D eigenvalue weighted by Gasteiger charge is -2.27. The number of carbonyl (C=O) groups excluding carboxylic acids is 18. The molecule has 1 fully saturated rings. The molecule has 3 heterocycles. The summed E-state index contributed by atoms with van der Waals surface area (Å²) in [6.45, 7) is 2.77. The van der Waals surface area contributed by atoms with Crippen molar-refractivity contribution in [1.82, 2.24) is 70.0 Å². The number of carbonyl (C=O) groups is 18. The summed E-state index contributed by atoms with van der Waals surface area (Å²) in [5, 5.41) is 8.04. The van der Waals surface area contributed by atoms with E-state index in [0.717, 1.165) is 39.0 Å². The van der Waals surface area contributed by atoms with Gasteiger partial charge in [-0.15, -0.1) is 5.06 Å². The normalized spacial score (nSPS) is 13.2. The number of imide groups is 3. The number of hydrogen-bond donors (Lipinski definition) is 4. The number of rotatable bonds is 53. The molecule has 3 aliphatic heterocycles. The van der Waals surface area contributed by atoms with Gasteiger partial charge in [-0.25, -0.2) is 24.0 Å². The van der Waals surface area contributed by atoms with Crippen LogP contribution in [0.5, 0.6) is 11.5 Å². The van der Waals surface area contributed by atoms with Gasteiger partial charge in [-0.2, -0.15) is 0 Å². The van der Waals surface area contributed by atoms with E-state index in [0.29, 0.717) is 79.7 Å². The lowest BCUT2D eigenvalue weighted by molar-refractivity contribution is -0.198. The molecule has 2 aromatic carbocycles. The molecular formula is C80H119N15O27. The number of hydrogen-bond acceptors (Lipinski definition) is 30. The third-order valence-corrected chi connectivity index (χ3v) is 18.3. The van der Waals surface area contributed by atoms with Gasteiger partial charge in [-0.1, -0.05) is 24.3 Å². The van der Waals surface area contributed by atoms with Crippen molar-refractivity contribution in [2.24, 2.45) is 5.73 Å². The molecule has 0 aliphatic carbocycles. The molecule has 0 spiro atoms. The molecule has 2 aromatic rings. The monoisotopic (exact) mass is 1720 g/mol. The summed E-state index contributed by atoms with van der Waals surface area (Å²) in [5.74, 6) is -6.77. The quantitative estimate of drug-likeness (QED) is 0.0510. The van der Waals surface area contributed by atoms with Gasteiger partial charge in [-0.05, 0) is 96.3 Å². The molecule has 42 heteroatoms. The van der Waals surface area contributed by atoms with E-state index in [4.69, 9.17) is 42.7 Å². The van der Waals surface area contributed by atoms with Crippen molar-refractivity contribution in [3.05, 3.63) is 84.0 Å². The highest BCUT2D eigenvalue weighted by Crippen LogP contribution is 2.20. The zero-order valence-corrected chi connectivity index (χ0v) is 71.7. The molecule has 5 N–H and O–H groups in total. The summed E-state index contributed by atoms with van der Waals surface area (Å²) in [6.07, 6.45) is 2.65. The van der Waals surface area contributed by atoms with Gasteiger partial charge in [0.05, 0.1) is 58.5 Å². The minimum Gasteiger partial charge on any atom is -0.445 e. The maximum atomic E-state index is 13.4. The Morgan fingerprint density at radius 1 is 0.418 bits per heavy atom. The van der Waals surface area contributed by atoms with Crippen LogP contribution in [0.15, 0.2) is 72.8 Å². The molecule has 0 bridgehead atoms. The van der Waals surface area contributed by atoms with Crippen molar-refractivity contribution in [2.75, 3.05) is 203 Å². The highest BCUT2D eigenvalue weighted by Gasteiger charge is 2.37. The molecule has 122 heavy (non-hydrogen) atoms. The van der Waals surface area contributed by atoms with Crippen LogP contribution >= 0.6 is 0 Å². The molecule has 5 rings (SSSR count). The minimum absolute atomic E-state index is 0.00519. The summed E-state index contributed by atoms with van der Waals surface area (Å²) in [7, 11) is 19.7. The van der Waals surface area contributed by atoms with Crippen LogP contribution in [0, 0.1) is 0 Å². The van der Waals surface area contributed by atoms with Crippen LogP contribution in [0.2, 0.25) is 0 Å². The standard InChI is InChI=1S/C41H57N7O15.C38H57N7O12.CH5N/c1-43(2)21-22-45(4)41(58)62-30-11-9-29(10-12-30)27-61-40(57)44(3)19-7-6-8-32(49)31(26-39(56)63-48-36(53)15-16-37(48)54)46(5)38(55)28-60-25-24-59-23-18-42-33(50)17-20-47-34(51)13-14-35(47)52;1-39-33(48)25-30(44(6)36(51)27-55-24-23-54-22-17-40-32(47)16-19-45-34(49)14-15-35(45)50)31(46)9-7-8-18-42(4)37(52)56-26-28-10-12-29(13-11-28)57-38(53)43(5)21-20-41(2)3;1-2/h9-14,31H,6-8,15-28H2,1-5H3,(H,42,50);10-15,30H,7-9,16-27H2,1-6H3,(H,39,48)(H,40,47);2H2,1H3/t31-;30-;/m00./s1. The SMILES string of the molecule is CN.CN(C)CCN(C)C(=O)Oc1ccc(COC(=O)N(C)CCCCC(=O)[C@H](CC(=O)ON2C(=O)CCC2=O)N(C)C(=O)COCCOCCNC(=O)CCN2C(=O)C=CC2=O)cc1.CNC(=O)C[C@@H](C(=O)CCCCN(C)C(=O)OCc1ccc(OC(=O)N(C)CCN(C)C)cc1)N(C)C(=O)COCCOCCNC(=O)CCN1C(=O)C=CC1=O. The predicted octanol–water partition coefficient (Wildman–Crippen LogP) is 0.264. The summed E-state index contributed by atoms with van der Waals surface area (Å²) >= 11 is 0. The van der Waals surface area contributed by atoms with Crippen molar-refractivity contribution in [2.45, 2.75) is 102 Å². The van der Waals surface area contributed by atoms with Gasteiger partial charge >= 0.3 is 30.3 Å². The van der Waals surface area contributed by atoms with Crippen LogP contribution in [0.4, 0.5) is 19.2 Å². The second-order valence-corrected chi connectivity index (χ2v) is 28.3. The first-order chi connectivity index (χ1) is 58.1. The number of nitrogens with one attached hydrogen (secondary N) is 3. The van der Waals surface area contributed by atoms with Gasteiger partial charge in [0.1, 0.15) is 44.0 Å². The molecule has 0 radical (unpaired) electrons. The highest BCUT2D eigenvalue weighted by atomic mass is 16.7. The zero-order valence-electron chi connectivity index (χ0n) is 71.7. The largest absolute Gasteiger partial charge is 0.445 e. The van der Waals surface area contributed by atoms with Crippen LogP contribution in [0.3, 0.4) is 0 Å². The fourth-order valence-corrected chi connectivity index (χ4v) is 10.8. The first-order valence-electron chi connectivity index (χ1n) is 39.5. The molecule has 676 valence electrons. The van der Waals surface area contributed by atoms with Gasteiger partial charge in [0.25, 0.3) is 35.4 Å². The second kappa shape index (κ2) is 57.5. The molecule has 2 atom stereocenters. The summed E-state index contributed by atoms with van der Waals surface area (Å²) < 4.78 is 43.1. The predicted molar refractivity (Wildman–Crippen MR) is 435 cm³/mol. The van der Waals surface area contributed by atoms with Crippen molar-refractivity contribution < 1.29 is 129 Å². The van der Waals surface area contributed by atoms with E-state index in [2.05, 4.69) is 21.7 Å². The Balaban J connectivity index is 0.000000621. The van der Waals surface area contributed by atoms with Crippen molar-refractivity contribution in [3.63, 3.8) is 0 Å². The Hall–Kier alpha value is -11.7. The average Bonchev–Trinajstić information content (AvgIpc) is 1.75. The third kappa shape index (κ3) is 40.6. The lowest BCUT2D eigenvalue weighted by Crippen LogP contribution is -2.46. The number of nitrogens with two attached hydrogens (primary N) is 1. The Morgan fingerprint density at radius 3 is 1.13 bits per heavy atom. The Kier molecular flexibility index (Phi) is 49.3. The van der Waals surface area contributed by atoms with E-state index >= 15 is 0 Å². The maximum Gasteiger partial charge on any atom is 0.415 e. The van der Waals surface area contributed by atoms with Crippen molar-refractivity contribution in [1.29, 1.82) is 0 Å². The molecule has 42 nitrogen and oxygen atoms in total. The Morgan fingerprint density at radius 2 is 0.770 bits per heavy atom. The first-order valence-corrected chi connectivity index (χ1v) is 39.5. The van der Waals surface area contributed by atoms with E-state index in [1.807, 2.05) is 38.0 Å². The van der Waals surface area contributed by atoms with E-state index in [9.17, 15) is 86.3 Å². The smallest absolute Gasteiger partial charge is 0.415 e. The van der Waals surface area contributed by atoms with E-state index in [1.54, 1.807) is 69.7 Å². The fraction of sp³-hybridized carbons (Fsp3) is 0.575. The second-order valence-electron chi connectivity index (χ2n) is 28.3. The topological polar surface area (TPSA) is 488 Å².